The smallest absolute Gasteiger partial charge is 0.271 e. The Bertz CT molecular complexity index is 982. The summed E-state index contributed by atoms with van der Waals surface area (Å²) in [5, 5.41) is 4.86. The summed E-state index contributed by atoms with van der Waals surface area (Å²) in [6.07, 6.45) is 2.36. The number of hydrogen-bond donors (Lipinski definition) is 1. The first-order valence-corrected chi connectivity index (χ1v) is 9.44. The van der Waals surface area contributed by atoms with E-state index in [0.717, 1.165) is 17.7 Å². The third kappa shape index (κ3) is 5.15. The highest BCUT2D eigenvalue weighted by Gasteiger charge is 2.07. The molecule has 0 aliphatic carbocycles. The molecule has 3 rings (SSSR count). The molecule has 1 aromatic heterocycles. The standard InChI is InChI=1S/C21H18Cl2N2O3/c1-2-11-27-16-6-3-14(4-7-16)21(26)25-24-13-17-8-10-20(28-17)15-5-9-18(22)19(23)12-15/h3-10,12-13H,2,11H2,1H3,(H,25,26)/b24-13+. The van der Waals surface area contributed by atoms with Crippen molar-refractivity contribution >= 4 is 35.3 Å². The number of hydrazone groups is 1. The Morgan fingerprint density at radius 1 is 1.11 bits per heavy atom. The Hall–Kier alpha value is -2.76. The van der Waals surface area contributed by atoms with Crippen LogP contribution in [0.15, 0.2) is 64.1 Å². The van der Waals surface area contributed by atoms with Crippen molar-refractivity contribution in [3.63, 3.8) is 0 Å². The SMILES string of the molecule is CCCOc1ccc(C(=O)N/N=C/c2ccc(-c3ccc(Cl)c(Cl)c3)o2)cc1. The number of hydrogen-bond acceptors (Lipinski definition) is 4. The van der Waals surface area contributed by atoms with E-state index in [4.69, 9.17) is 32.4 Å². The first-order valence-electron chi connectivity index (χ1n) is 8.68. The van der Waals surface area contributed by atoms with Crippen LogP contribution in [0, 0.1) is 0 Å². The minimum atomic E-state index is -0.324. The summed E-state index contributed by atoms with van der Waals surface area (Å²) in [7, 11) is 0. The van der Waals surface area contributed by atoms with Gasteiger partial charge in [0.1, 0.15) is 17.3 Å². The van der Waals surface area contributed by atoms with Crippen LogP contribution in [0.3, 0.4) is 0 Å². The number of carbonyl (C=O) groups excluding carboxylic acids is 1. The van der Waals surface area contributed by atoms with E-state index in [0.29, 0.717) is 33.7 Å². The second kappa shape index (κ2) is 9.44. The summed E-state index contributed by atoms with van der Waals surface area (Å²) in [6.45, 7) is 2.68. The van der Waals surface area contributed by atoms with E-state index in [2.05, 4.69) is 10.5 Å². The monoisotopic (exact) mass is 416 g/mol. The molecule has 7 heteroatoms. The fraction of sp³-hybridized carbons (Fsp3) is 0.143. The largest absolute Gasteiger partial charge is 0.494 e. The molecule has 0 atom stereocenters. The van der Waals surface area contributed by atoms with Gasteiger partial charge in [0.2, 0.25) is 0 Å². The lowest BCUT2D eigenvalue weighted by molar-refractivity contribution is 0.0955. The van der Waals surface area contributed by atoms with E-state index in [-0.39, 0.29) is 5.91 Å². The van der Waals surface area contributed by atoms with Crippen LogP contribution in [0.1, 0.15) is 29.5 Å². The van der Waals surface area contributed by atoms with Gasteiger partial charge in [-0.15, -0.1) is 0 Å². The van der Waals surface area contributed by atoms with Crippen molar-refractivity contribution in [3.05, 3.63) is 76.0 Å². The van der Waals surface area contributed by atoms with Crippen LogP contribution >= 0.6 is 23.2 Å². The second-order valence-corrected chi connectivity index (χ2v) is 6.72. The minimum absolute atomic E-state index is 0.324. The maximum absolute atomic E-state index is 12.1. The number of nitrogens with zero attached hydrogens (tertiary/aromatic N) is 1. The third-order valence-corrected chi connectivity index (χ3v) is 4.52. The van der Waals surface area contributed by atoms with Crippen LogP contribution in [0.4, 0.5) is 0 Å². The number of furan rings is 1. The summed E-state index contributed by atoms with van der Waals surface area (Å²) >= 11 is 11.9. The third-order valence-electron chi connectivity index (χ3n) is 3.78. The predicted molar refractivity (Wildman–Crippen MR) is 111 cm³/mol. The first kappa shape index (κ1) is 20.0. The van der Waals surface area contributed by atoms with Crippen LogP contribution in [-0.2, 0) is 0 Å². The lowest BCUT2D eigenvalue weighted by atomic mass is 10.2. The van der Waals surface area contributed by atoms with E-state index >= 15 is 0 Å². The van der Waals surface area contributed by atoms with Gasteiger partial charge in [-0.1, -0.05) is 30.1 Å². The number of halogens is 2. The average Bonchev–Trinajstić information content (AvgIpc) is 3.17. The lowest BCUT2D eigenvalue weighted by Gasteiger charge is -2.05. The highest BCUT2D eigenvalue weighted by Crippen LogP contribution is 2.29. The van der Waals surface area contributed by atoms with E-state index < -0.39 is 0 Å². The molecule has 0 saturated heterocycles. The average molecular weight is 417 g/mol. The summed E-state index contributed by atoms with van der Waals surface area (Å²) < 4.78 is 11.2. The van der Waals surface area contributed by atoms with E-state index in [1.807, 2.05) is 13.0 Å². The minimum Gasteiger partial charge on any atom is -0.494 e. The second-order valence-electron chi connectivity index (χ2n) is 5.90. The highest BCUT2D eigenvalue weighted by molar-refractivity contribution is 6.42. The predicted octanol–water partition coefficient (Wildman–Crippen LogP) is 5.81. The number of ether oxygens (including phenoxy) is 1. The quantitative estimate of drug-likeness (QED) is 0.390. The van der Waals surface area contributed by atoms with Crippen molar-refractivity contribution in [2.75, 3.05) is 6.61 Å². The van der Waals surface area contributed by atoms with Gasteiger partial charge in [0.25, 0.3) is 5.91 Å². The van der Waals surface area contributed by atoms with Crippen molar-refractivity contribution in [1.29, 1.82) is 0 Å². The van der Waals surface area contributed by atoms with Crippen molar-refractivity contribution in [1.82, 2.24) is 5.43 Å². The van der Waals surface area contributed by atoms with E-state index in [1.165, 1.54) is 6.21 Å². The Morgan fingerprint density at radius 2 is 1.89 bits per heavy atom. The molecule has 0 unspecified atom stereocenters. The van der Waals surface area contributed by atoms with Crippen LogP contribution < -0.4 is 10.2 Å². The summed E-state index contributed by atoms with van der Waals surface area (Å²) in [6, 6.07) is 15.6. The molecule has 3 aromatic rings. The van der Waals surface area contributed by atoms with E-state index in [9.17, 15) is 4.79 Å². The summed E-state index contributed by atoms with van der Waals surface area (Å²) in [5.41, 5.74) is 3.74. The van der Waals surface area contributed by atoms with Crippen LogP contribution in [-0.4, -0.2) is 18.7 Å². The van der Waals surface area contributed by atoms with Gasteiger partial charge in [0.15, 0.2) is 0 Å². The first-order chi connectivity index (χ1) is 13.6. The number of carbonyl (C=O) groups is 1. The molecule has 1 amide bonds. The molecule has 5 nitrogen and oxygen atoms in total. The summed E-state index contributed by atoms with van der Waals surface area (Å²) in [5.74, 6) is 1.51. The fourth-order valence-electron chi connectivity index (χ4n) is 2.37. The molecule has 0 saturated carbocycles. The number of benzene rings is 2. The van der Waals surface area contributed by atoms with Crippen molar-refractivity contribution < 1.29 is 13.9 Å². The number of rotatable bonds is 7. The zero-order valence-corrected chi connectivity index (χ0v) is 16.6. The maximum Gasteiger partial charge on any atom is 0.271 e. The molecule has 0 fully saturated rings. The molecule has 0 bridgehead atoms. The molecule has 0 aliphatic heterocycles. The number of nitrogens with one attached hydrogen (secondary N) is 1. The molecule has 0 spiro atoms. The molecular formula is C21H18Cl2N2O3. The zero-order chi connectivity index (χ0) is 19.9. The number of amides is 1. The van der Waals surface area contributed by atoms with Crippen molar-refractivity contribution in [2.24, 2.45) is 5.10 Å². The Morgan fingerprint density at radius 3 is 2.61 bits per heavy atom. The fourth-order valence-corrected chi connectivity index (χ4v) is 2.67. The molecular weight excluding hydrogens is 399 g/mol. The van der Waals surface area contributed by atoms with Gasteiger partial charge in [-0.05, 0) is 61.0 Å². The van der Waals surface area contributed by atoms with Crippen LogP contribution in [0.5, 0.6) is 5.75 Å². The zero-order valence-electron chi connectivity index (χ0n) is 15.1. The summed E-state index contributed by atoms with van der Waals surface area (Å²) in [4.78, 5) is 12.1. The highest BCUT2D eigenvalue weighted by atomic mass is 35.5. The van der Waals surface area contributed by atoms with Crippen LogP contribution in [0.2, 0.25) is 10.0 Å². The molecule has 1 N–H and O–H groups in total. The Labute approximate surface area is 172 Å². The molecule has 0 aliphatic rings. The Kier molecular flexibility index (Phi) is 6.74. The molecule has 0 radical (unpaired) electrons. The van der Waals surface area contributed by atoms with Gasteiger partial charge in [-0.25, -0.2) is 5.43 Å². The molecule has 2 aromatic carbocycles. The van der Waals surface area contributed by atoms with Gasteiger partial charge in [0, 0.05) is 11.1 Å². The topological polar surface area (TPSA) is 63.8 Å². The van der Waals surface area contributed by atoms with Gasteiger partial charge in [0.05, 0.1) is 22.9 Å². The van der Waals surface area contributed by atoms with Crippen molar-refractivity contribution in [3.8, 4) is 17.1 Å². The molecule has 144 valence electrons. The van der Waals surface area contributed by atoms with Crippen molar-refractivity contribution in [2.45, 2.75) is 13.3 Å². The van der Waals surface area contributed by atoms with Gasteiger partial charge >= 0.3 is 0 Å². The Balaban J connectivity index is 1.59. The maximum atomic E-state index is 12.1. The van der Waals surface area contributed by atoms with Gasteiger partial charge in [-0.2, -0.15) is 5.10 Å². The molecule has 1 heterocycles. The van der Waals surface area contributed by atoms with Gasteiger partial charge < -0.3 is 9.15 Å². The lowest BCUT2D eigenvalue weighted by Crippen LogP contribution is -2.17. The normalized spacial score (nSPS) is 11.0. The van der Waals surface area contributed by atoms with Gasteiger partial charge in [-0.3, -0.25) is 4.79 Å². The molecule has 28 heavy (non-hydrogen) atoms. The van der Waals surface area contributed by atoms with E-state index in [1.54, 1.807) is 48.5 Å². The van der Waals surface area contributed by atoms with Crippen LogP contribution in [0.25, 0.3) is 11.3 Å².